The van der Waals surface area contributed by atoms with Crippen LogP contribution in [-0.2, 0) is 10.1 Å². The van der Waals surface area contributed by atoms with E-state index in [-0.39, 0.29) is 27.7 Å². The SMILES string of the molecule is COc1cc(/C=C(\C#N)c2ccc([N+](=O)[O-])cc2)ccc1OS(=O)(=O)c1ccc(Cl)cc1. The molecule has 0 radical (unpaired) electrons. The molecular formula is C22H15ClN2O6S. The minimum absolute atomic E-state index is 0.0338. The molecule has 0 aliphatic rings. The molecule has 0 aliphatic carbocycles. The lowest BCUT2D eigenvalue weighted by molar-refractivity contribution is -0.384. The Morgan fingerprint density at radius 2 is 1.72 bits per heavy atom. The zero-order valence-electron chi connectivity index (χ0n) is 16.6. The molecule has 0 spiro atoms. The van der Waals surface area contributed by atoms with E-state index in [1.54, 1.807) is 12.1 Å². The van der Waals surface area contributed by atoms with Crippen LogP contribution in [0, 0.1) is 21.4 Å². The van der Waals surface area contributed by atoms with Crippen molar-refractivity contribution in [1.82, 2.24) is 0 Å². The predicted octanol–water partition coefficient (Wildman–Crippen LogP) is 5.09. The molecule has 0 fully saturated rings. The van der Waals surface area contributed by atoms with Crippen molar-refractivity contribution in [3.63, 3.8) is 0 Å². The van der Waals surface area contributed by atoms with Crippen molar-refractivity contribution in [2.75, 3.05) is 7.11 Å². The van der Waals surface area contributed by atoms with Gasteiger partial charge in [-0.15, -0.1) is 0 Å². The number of methoxy groups -OCH3 is 1. The molecule has 0 saturated heterocycles. The maximum absolute atomic E-state index is 12.5. The molecule has 3 aromatic rings. The average Bonchev–Trinajstić information content (AvgIpc) is 2.78. The summed E-state index contributed by atoms with van der Waals surface area (Å²) in [5.74, 6) is 0.103. The third-order valence-electron chi connectivity index (χ3n) is 4.31. The second-order valence-electron chi connectivity index (χ2n) is 6.38. The van der Waals surface area contributed by atoms with Crippen molar-refractivity contribution in [2.45, 2.75) is 4.90 Å². The third kappa shape index (κ3) is 5.24. The van der Waals surface area contributed by atoms with Gasteiger partial charge >= 0.3 is 10.1 Å². The van der Waals surface area contributed by atoms with Gasteiger partial charge in [0.1, 0.15) is 4.90 Å². The molecule has 0 unspecified atom stereocenters. The van der Waals surface area contributed by atoms with Gasteiger partial charge in [-0.2, -0.15) is 13.7 Å². The largest absolute Gasteiger partial charge is 0.493 e. The van der Waals surface area contributed by atoms with Crippen molar-refractivity contribution in [1.29, 1.82) is 5.26 Å². The summed E-state index contributed by atoms with van der Waals surface area (Å²) in [4.78, 5) is 10.2. The Morgan fingerprint density at radius 1 is 1.06 bits per heavy atom. The first-order valence-electron chi connectivity index (χ1n) is 8.98. The fourth-order valence-corrected chi connectivity index (χ4v) is 3.79. The molecule has 3 aromatic carbocycles. The number of hydrogen-bond acceptors (Lipinski definition) is 7. The monoisotopic (exact) mass is 470 g/mol. The predicted molar refractivity (Wildman–Crippen MR) is 119 cm³/mol. The first kappa shape index (κ1) is 22.8. The van der Waals surface area contributed by atoms with E-state index in [4.69, 9.17) is 20.5 Å². The number of hydrogen-bond donors (Lipinski definition) is 0. The van der Waals surface area contributed by atoms with E-state index in [2.05, 4.69) is 0 Å². The highest BCUT2D eigenvalue weighted by atomic mass is 35.5. The Bertz CT molecular complexity index is 1330. The number of allylic oxidation sites excluding steroid dienone is 1. The van der Waals surface area contributed by atoms with Crippen LogP contribution in [0.5, 0.6) is 11.5 Å². The molecular weight excluding hydrogens is 456 g/mol. The van der Waals surface area contributed by atoms with Crippen molar-refractivity contribution in [3.8, 4) is 17.6 Å². The van der Waals surface area contributed by atoms with Crippen molar-refractivity contribution in [3.05, 3.63) is 93.0 Å². The lowest BCUT2D eigenvalue weighted by Crippen LogP contribution is -2.10. The Morgan fingerprint density at radius 3 is 2.28 bits per heavy atom. The number of nitriles is 1. The molecule has 8 nitrogen and oxygen atoms in total. The van der Waals surface area contributed by atoms with Gasteiger partial charge in [0.25, 0.3) is 5.69 Å². The molecule has 0 heterocycles. The molecule has 0 aromatic heterocycles. The van der Waals surface area contributed by atoms with Gasteiger partial charge < -0.3 is 8.92 Å². The number of halogens is 1. The van der Waals surface area contributed by atoms with Crippen LogP contribution in [0.4, 0.5) is 5.69 Å². The van der Waals surface area contributed by atoms with Crippen LogP contribution < -0.4 is 8.92 Å². The normalized spacial score (nSPS) is 11.5. The van der Waals surface area contributed by atoms with E-state index in [1.165, 1.54) is 67.8 Å². The van der Waals surface area contributed by atoms with E-state index in [0.717, 1.165) is 0 Å². The molecule has 32 heavy (non-hydrogen) atoms. The number of nitro benzene ring substituents is 1. The first-order valence-corrected chi connectivity index (χ1v) is 10.8. The lowest BCUT2D eigenvalue weighted by Gasteiger charge is -2.11. The van der Waals surface area contributed by atoms with Crippen LogP contribution >= 0.6 is 11.6 Å². The van der Waals surface area contributed by atoms with Crippen LogP contribution in [0.3, 0.4) is 0 Å². The summed E-state index contributed by atoms with van der Waals surface area (Å²) < 4.78 is 35.5. The highest BCUT2D eigenvalue weighted by Gasteiger charge is 2.19. The molecule has 0 saturated carbocycles. The number of nitrogens with zero attached hydrogens (tertiary/aromatic N) is 2. The Hall–Kier alpha value is -3.87. The molecule has 3 rings (SSSR count). The van der Waals surface area contributed by atoms with Gasteiger partial charge in [0, 0.05) is 17.2 Å². The molecule has 10 heteroatoms. The average molecular weight is 471 g/mol. The second kappa shape index (κ2) is 9.51. The summed E-state index contributed by atoms with van der Waals surface area (Å²) in [6.07, 6.45) is 1.54. The smallest absolute Gasteiger partial charge is 0.339 e. The topological polar surface area (TPSA) is 120 Å². The van der Waals surface area contributed by atoms with Crippen molar-refractivity contribution < 1.29 is 22.3 Å². The highest BCUT2D eigenvalue weighted by molar-refractivity contribution is 7.87. The zero-order chi connectivity index (χ0) is 23.3. The van der Waals surface area contributed by atoms with Gasteiger partial charge in [-0.3, -0.25) is 10.1 Å². The fraction of sp³-hybridized carbons (Fsp3) is 0.0455. The van der Waals surface area contributed by atoms with Gasteiger partial charge in [-0.05, 0) is 65.7 Å². The minimum Gasteiger partial charge on any atom is -0.493 e. The molecule has 0 aliphatic heterocycles. The molecule has 0 atom stereocenters. The molecule has 0 amide bonds. The number of benzene rings is 3. The second-order valence-corrected chi connectivity index (χ2v) is 8.36. The summed E-state index contributed by atoms with van der Waals surface area (Å²) >= 11 is 5.79. The lowest BCUT2D eigenvalue weighted by atomic mass is 10.0. The summed E-state index contributed by atoms with van der Waals surface area (Å²) in [5.41, 5.74) is 1.19. The number of nitro groups is 1. The molecule has 162 valence electrons. The number of non-ortho nitro benzene ring substituents is 1. The number of ether oxygens (including phenoxy) is 1. The summed E-state index contributed by atoms with van der Waals surface area (Å²) in [7, 11) is -2.77. The van der Waals surface area contributed by atoms with Gasteiger partial charge in [-0.1, -0.05) is 17.7 Å². The Kier molecular flexibility index (Phi) is 6.78. The van der Waals surface area contributed by atoms with E-state index in [0.29, 0.717) is 16.1 Å². The van der Waals surface area contributed by atoms with E-state index in [9.17, 15) is 23.8 Å². The molecule has 0 bridgehead atoms. The van der Waals surface area contributed by atoms with Gasteiger partial charge in [0.05, 0.1) is 23.7 Å². The summed E-state index contributed by atoms with van der Waals surface area (Å²) in [6.45, 7) is 0. The van der Waals surface area contributed by atoms with Crippen LogP contribution in [0.2, 0.25) is 5.02 Å². The van der Waals surface area contributed by atoms with Gasteiger partial charge in [0.2, 0.25) is 0 Å². The van der Waals surface area contributed by atoms with Gasteiger partial charge in [-0.25, -0.2) is 0 Å². The van der Waals surface area contributed by atoms with E-state index >= 15 is 0 Å². The van der Waals surface area contributed by atoms with Gasteiger partial charge in [0.15, 0.2) is 11.5 Å². The van der Waals surface area contributed by atoms with Crippen LogP contribution in [-0.4, -0.2) is 20.5 Å². The van der Waals surface area contributed by atoms with Crippen molar-refractivity contribution in [2.24, 2.45) is 0 Å². The Balaban J connectivity index is 1.91. The van der Waals surface area contributed by atoms with E-state index in [1.807, 2.05) is 6.07 Å². The minimum atomic E-state index is -4.12. The first-order chi connectivity index (χ1) is 15.2. The molecule has 0 N–H and O–H groups in total. The Labute approximate surface area is 189 Å². The highest BCUT2D eigenvalue weighted by Crippen LogP contribution is 2.32. The van der Waals surface area contributed by atoms with Crippen LogP contribution in [0.15, 0.2) is 71.6 Å². The van der Waals surface area contributed by atoms with Crippen LogP contribution in [0.1, 0.15) is 11.1 Å². The maximum atomic E-state index is 12.5. The summed E-state index contributed by atoms with van der Waals surface area (Å²) in [6, 6.07) is 17.6. The van der Waals surface area contributed by atoms with Crippen LogP contribution in [0.25, 0.3) is 11.6 Å². The van der Waals surface area contributed by atoms with E-state index < -0.39 is 15.0 Å². The standard InChI is InChI=1S/C22H15ClN2O6S/c1-30-22-13-15(12-17(14-24)16-3-7-19(8-4-16)25(26)27)2-11-21(22)31-32(28,29)20-9-5-18(23)6-10-20/h2-13H,1H3/b17-12+. The van der Waals surface area contributed by atoms with Crippen molar-refractivity contribution >= 4 is 39.1 Å². The summed E-state index contributed by atoms with van der Waals surface area (Å²) in [5, 5.41) is 20.7. The number of rotatable bonds is 7. The zero-order valence-corrected chi connectivity index (χ0v) is 18.1. The fourth-order valence-electron chi connectivity index (χ4n) is 2.72. The quantitative estimate of drug-likeness (QED) is 0.155. The maximum Gasteiger partial charge on any atom is 0.339 e. The third-order valence-corrected chi connectivity index (χ3v) is 5.81.